The van der Waals surface area contributed by atoms with Gasteiger partial charge in [0, 0.05) is 37.7 Å². The first kappa shape index (κ1) is 23.1. The van der Waals surface area contributed by atoms with Gasteiger partial charge in [-0.25, -0.2) is 12.8 Å². The first-order valence-electron chi connectivity index (χ1n) is 9.79. The average Bonchev–Trinajstić information content (AvgIpc) is 2.73. The van der Waals surface area contributed by atoms with E-state index < -0.39 is 21.9 Å². The quantitative estimate of drug-likeness (QED) is 0.661. The number of sulfonamides is 1. The van der Waals surface area contributed by atoms with Gasteiger partial charge in [-0.3, -0.25) is 4.90 Å². The molecule has 0 aromatic heterocycles. The fraction of sp³-hybridized carbons (Fsp3) is 0.429. The molecule has 0 spiro atoms. The molecule has 1 saturated heterocycles. The Morgan fingerprint density at radius 2 is 1.80 bits per heavy atom. The highest BCUT2D eigenvalue weighted by Gasteiger charge is 2.29. The Kier molecular flexibility index (Phi) is 7.84. The highest BCUT2D eigenvalue weighted by Crippen LogP contribution is 2.20. The predicted molar refractivity (Wildman–Crippen MR) is 113 cm³/mol. The third-order valence-electron chi connectivity index (χ3n) is 5.11. The maximum atomic E-state index is 13.4. The number of rotatable bonds is 8. The van der Waals surface area contributed by atoms with Crippen LogP contribution in [-0.2, 0) is 14.8 Å². The molecule has 1 heterocycles. The van der Waals surface area contributed by atoms with Crippen molar-refractivity contribution in [3.8, 4) is 0 Å². The fourth-order valence-electron chi connectivity index (χ4n) is 3.37. The number of aliphatic hydroxyl groups excluding tert-OH is 1. The number of hydrogen-bond donors (Lipinski definition) is 1. The minimum absolute atomic E-state index is 0.0411. The molecule has 2 unspecified atom stereocenters. The van der Waals surface area contributed by atoms with Gasteiger partial charge in [-0.1, -0.05) is 29.8 Å². The van der Waals surface area contributed by atoms with Crippen LogP contribution in [0, 0.1) is 5.82 Å². The van der Waals surface area contributed by atoms with Gasteiger partial charge in [-0.2, -0.15) is 4.31 Å². The van der Waals surface area contributed by atoms with Crippen LogP contribution < -0.4 is 0 Å². The number of β-amino-alcohol motifs (C(OH)–C–C–N with tert-alkyl or cyclic N) is 1. The van der Waals surface area contributed by atoms with Crippen LogP contribution in [0.5, 0.6) is 0 Å². The Morgan fingerprint density at radius 3 is 2.43 bits per heavy atom. The number of ether oxygens (including phenoxy) is 1. The molecule has 1 fully saturated rings. The largest absolute Gasteiger partial charge is 0.389 e. The van der Waals surface area contributed by atoms with Crippen LogP contribution in [0.15, 0.2) is 53.4 Å². The lowest BCUT2D eigenvalue weighted by atomic mass is 10.1. The van der Waals surface area contributed by atoms with Crippen molar-refractivity contribution >= 4 is 21.6 Å². The Hall–Kier alpha value is -1.55. The molecule has 1 aliphatic heterocycles. The third-order valence-corrected chi connectivity index (χ3v) is 7.26. The highest BCUT2D eigenvalue weighted by molar-refractivity contribution is 7.89. The lowest BCUT2D eigenvalue weighted by molar-refractivity contribution is -0.0186. The minimum atomic E-state index is -3.72. The van der Waals surface area contributed by atoms with E-state index in [9.17, 15) is 17.9 Å². The van der Waals surface area contributed by atoms with E-state index in [-0.39, 0.29) is 30.7 Å². The van der Waals surface area contributed by atoms with Crippen LogP contribution >= 0.6 is 11.6 Å². The van der Waals surface area contributed by atoms with Crippen LogP contribution in [0.1, 0.15) is 18.6 Å². The van der Waals surface area contributed by atoms with Crippen molar-refractivity contribution in [1.82, 2.24) is 9.21 Å². The molecule has 0 bridgehead atoms. The van der Waals surface area contributed by atoms with E-state index >= 15 is 0 Å². The predicted octanol–water partition coefficient (Wildman–Crippen LogP) is 2.92. The fourth-order valence-corrected chi connectivity index (χ4v) is 4.95. The summed E-state index contributed by atoms with van der Waals surface area (Å²) in [5.41, 5.74) is 0.975. The van der Waals surface area contributed by atoms with E-state index in [0.29, 0.717) is 24.7 Å². The van der Waals surface area contributed by atoms with Gasteiger partial charge >= 0.3 is 0 Å². The molecule has 3 rings (SSSR count). The zero-order valence-electron chi connectivity index (χ0n) is 16.7. The summed E-state index contributed by atoms with van der Waals surface area (Å²) >= 11 is 5.89. The van der Waals surface area contributed by atoms with Gasteiger partial charge in [-0.05, 0) is 42.8 Å². The second-order valence-electron chi connectivity index (χ2n) is 7.34. The standard InChI is InChI=1S/C21H26ClFN2O4S/c1-16(17-5-7-18(22)8-6-17)29-15-20(26)14-24-9-11-25(12-10-24)30(27,28)21-4-2-3-19(23)13-21/h2-8,13,16,20,26H,9-12,14-15H2,1H3. The smallest absolute Gasteiger partial charge is 0.243 e. The van der Waals surface area contributed by atoms with Gasteiger partial charge in [0.15, 0.2) is 0 Å². The first-order valence-corrected chi connectivity index (χ1v) is 11.6. The monoisotopic (exact) mass is 456 g/mol. The zero-order valence-corrected chi connectivity index (χ0v) is 18.3. The number of aliphatic hydroxyl groups is 1. The van der Waals surface area contributed by atoms with Crippen molar-refractivity contribution in [1.29, 1.82) is 0 Å². The van der Waals surface area contributed by atoms with Crippen molar-refractivity contribution < 1.29 is 22.7 Å². The van der Waals surface area contributed by atoms with Crippen LogP contribution in [0.25, 0.3) is 0 Å². The second-order valence-corrected chi connectivity index (χ2v) is 9.72. The molecular formula is C21H26ClFN2O4S. The van der Waals surface area contributed by atoms with E-state index in [2.05, 4.69) is 0 Å². The lowest BCUT2D eigenvalue weighted by Gasteiger charge is -2.35. The second kappa shape index (κ2) is 10.2. The molecule has 1 aliphatic rings. The molecule has 164 valence electrons. The molecule has 0 amide bonds. The number of piperazine rings is 1. The number of benzene rings is 2. The Morgan fingerprint density at radius 1 is 1.13 bits per heavy atom. The van der Waals surface area contributed by atoms with Gasteiger partial charge in [0.05, 0.1) is 23.7 Å². The molecule has 6 nitrogen and oxygen atoms in total. The van der Waals surface area contributed by atoms with Crippen molar-refractivity contribution in [3.05, 3.63) is 64.9 Å². The molecule has 0 aliphatic carbocycles. The third kappa shape index (κ3) is 6.00. The maximum Gasteiger partial charge on any atom is 0.243 e. The average molecular weight is 457 g/mol. The summed E-state index contributed by atoms with van der Waals surface area (Å²) < 4.78 is 45.8. The van der Waals surface area contributed by atoms with Gasteiger partial charge in [0.2, 0.25) is 10.0 Å². The summed E-state index contributed by atoms with van der Waals surface area (Å²) in [7, 11) is -3.72. The summed E-state index contributed by atoms with van der Waals surface area (Å²) in [6, 6.07) is 12.4. The van der Waals surface area contributed by atoms with Crippen LogP contribution in [-0.4, -0.2) is 68.2 Å². The van der Waals surface area contributed by atoms with Crippen molar-refractivity contribution in [2.24, 2.45) is 0 Å². The van der Waals surface area contributed by atoms with E-state index in [4.69, 9.17) is 16.3 Å². The van der Waals surface area contributed by atoms with Gasteiger partial charge < -0.3 is 9.84 Å². The van der Waals surface area contributed by atoms with Crippen LogP contribution in [0.2, 0.25) is 5.02 Å². The highest BCUT2D eigenvalue weighted by atomic mass is 35.5. The molecule has 2 atom stereocenters. The summed E-state index contributed by atoms with van der Waals surface area (Å²) in [6.45, 7) is 4.01. The number of halogens is 2. The van der Waals surface area contributed by atoms with E-state index in [1.165, 1.54) is 22.5 Å². The summed E-state index contributed by atoms with van der Waals surface area (Å²) in [6.07, 6.45) is -0.865. The van der Waals surface area contributed by atoms with Crippen molar-refractivity contribution in [2.45, 2.75) is 24.0 Å². The zero-order chi connectivity index (χ0) is 21.7. The number of nitrogens with zero attached hydrogens (tertiary/aromatic N) is 2. The molecule has 9 heteroatoms. The van der Waals surface area contributed by atoms with E-state index in [1.54, 1.807) is 12.1 Å². The molecule has 2 aromatic carbocycles. The lowest BCUT2D eigenvalue weighted by Crippen LogP contribution is -2.50. The molecule has 2 aromatic rings. The van der Waals surface area contributed by atoms with Crippen LogP contribution in [0.3, 0.4) is 0 Å². The van der Waals surface area contributed by atoms with Gasteiger partial charge in [0.1, 0.15) is 5.82 Å². The summed E-state index contributed by atoms with van der Waals surface area (Å²) in [5.74, 6) is -0.578. The molecule has 1 N–H and O–H groups in total. The minimum Gasteiger partial charge on any atom is -0.389 e. The molecule has 0 radical (unpaired) electrons. The number of hydrogen-bond acceptors (Lipinski definition) is 5. The van der Waals surface area contributed by atoms with Crippen LogP contribution in [0.4, 0.5) is 4.39 Å². The maximum absolute atomic E-state index is 13.4. The summed E-state index contributed by atoms with van der Waals surface area (Å²) in [4.78, 5) is 1.96. The SMILES string of the molecule is CC(OCC(O)CN1CCN(S(=O)(=O)c2cccc(F)c2)CC1)c1ccc(Cl)cc1. The Bertz CT molecular complexity index is 934. The van der Waals surface area contributed by atoms with E-state index in [1.807, 2.05) is 24.0 Å². The molecule has 0 saturated carbocycles. The van der Waals surface area contributed by atoms with E-state index in [0.717, 1.165) is 11.6 Å². The molecule has 30 heavy (non-hydrogen) atoms. The van der Waals surface area contributed by atoms with Gasteiger partial charge in [0.25, 0.3) is 0 Å². The molecular weight excluding hydrogens is 431 g/mol. The van der Waals surface area contributed by atoms with Gasteiger partial charge in [-0.15, -0.1) is 0 Å². The van der Waals surface area contributed by atoms with Crippen molar-refractivity contribution in [2.75, 3.05) is 39.3 Å². The van der Waals surface area contributed by atoms with Crippen molar-refractivity contribution in [3.63, 3.8) is 0 Å². The summed E-state index contributed by atoms with van der Waals surface area (Å²) in [5, 5.41) is 11.0. The Balaban J connectivity index is 1.45. The first-order chi connectivity index (χ1) is 14.3. The normalized spacial score (nSPS) is 18.3. The Labute approximate surface area is 181 Å². The topological polar surface area (TPSA) is 70.1 Å².